The van der Waals surface area contributed by atoms with Crippen molar-refractivity contribution in [3.8, 4) is 5.75 Å². The number of morpholine rings is 1. The predicted octanol–water partition coefficient (Wildman–Crippen LogP) is 0.908. The molecule has 0 bridgehead atoms. The van der Waals surface area contributed by atoms with Crippen LogP contribution in [0.15, 0.2) is 12.1 Å². The number of hydrogen-bond donors (Lipinski definition) is 2. The molecule has 7 nitrogen and oxygen atoms in total. The minimum Gasteiger partial charge on any atom is -0.496 e. The number of nitrogens with one attached hydrogen (secondary N) is 1. The summed E-state index contributed by atoms with van der Waals surface area (Å²) in [5.74, 6) is 0.0331. The lowest BCUT2D eigenvalue weighted by Gasteiger charge is -2.33. The third-order valence-electron chi connectivity index (χ3n) is 3.55. The molecule has 0 aromatic heterocycles. The summed E-state index contributed by atoms with van der Waals surface area (Å²) in [6.07, 6.45) is -0.244. The lowest BCUT2D eigenvalue weighted by atomic mass is 10.1. The van der Waals surface area contributed by atoms with Crippen molar-refractivity contribution in [1.82, 2.24) is 10.2 Å². The Morgan fingerprint density at radius 1 is 1.52 bits per heavy atom. The maximum Gasteiger partial charge on any atom is 0.257 e. The minimum absolute atomic E-state index is 0.135. The van der Waals surface area contributed by atoms with Crippen molar-refractivity contribution in [2.24, 2.45) is 0 Å². The number of benzene rings is 1. The zero-order valence-electron chi connectivity index (χ0n) is 13.1. The second-order valence-corrected chi connectivity index (χ2v) is 5.66. The summed E-state index contributed by atoms with van der Waals surface area (Å²) in [6, 6.07) is 3.04. The van der Waals surface area contributed by atoms with E-state index in [1.165, 1.54) is 26.2 Å². The Kier molecular flexibility index (Phi) is 5.68. The van der Waals surface area contributed by atoms with E-state index in [1.807, 2.05) is 0 Å². The van der Waals surface area contributed by atoms with Crippen molar-refractivity contribution in [2.45, 2.75) is 13.0 Å². The van der Waals surface area contributed by atoms with Crippen LogP contribution in [-0.4, -0.2) is 56.2 Å². The van der Waals surface area contributed by atoms with E-state index in [4.69, 9.17) is 26.8 Å². The summed E-state index contributed by atoms with van der Waals surface area (Å²) < 4.78 is 10.8. The van der Waals surface area contributed by atoms with E-state index in [9.17, 15) is 9.59 Å². The van der Waals surface area contributed by atoms with Crippen LogP contribution in [-0.2, 0) is 9.53 Å². The molecule has 2 rings (SSSR count). The van der Waals surface area contributed by atoms with Crippen molar-refractivity contribution in [2.75, 3.05) is 39.1 Å². The molecule has 1 aliphatic rings. The Morgan fingerprint density at radius 2 is 2.26 bits per heavy atom. The zero-order valence-corrected chi connectivity index (χ0v) is 13.9. The second-order valence-electron chi connectivity index (χ2n) is 5.26. The third-order valence-corrected chi connectivity index (χ3v) is 3.88. The van der Waals surface area contributed by atoms with Crippen LogP contribution in [0.5, 0.6) is 5.75 Å². The van der Waals surface area contributed by atoms with Crippen molar-refractivity contribution in [3.63, 3.8) is 0 Å². The summed E-state index contributed by atoms with van der Waals surface area (Å²) in [6.45, 7) is 3.04. The number of methoxy groups -OCH3 is 1. The highest BCUT2D eigenvalue weighted by Crippen LogP contribution is 2.30. The highest BCUT2D eigenvalue weighted by Gasteiger charge is 2.27. The Morgan fingerprint density at radius 3 is 2.91 bits per heavy atom. The number of amides is 2. The largest absolute Gasteiger partial charge is 0.496 e. The number of nitrogens with zero attached hydrogens (tertiary/aromatic N) is 1. The quantitative estimate of drug-likeness (QED) is 0.794. The predicted molar refractivity (Wildman–Crippen MR) is 86.7 cm³/mol. The van der Waals surface area contributed by atoms with Crippen molar-refractivity contribution < 1.29 is 19.1 Å². The molecule has 1 aromatic carbocycles. The minimum atomic E-state index is -0.244. The van der Waals surface area contributed by atoms with Crippen molar-refractivity contribution >= 4 is 29.1 Å². The Labute approximate surface area is 139 Å². The van der Waals surface area contributed by atoms with E-state index in [1.54, 1.807) is 4.90 Å². The van der Waals surface area contributed by atoms with Gasteiger partial charge in [0, 0.05) is 32.6 Å². The van der Waals surface area contributed by atoms with Crippen LogP contribution in [0, 0.1) is 0 Å². The van der Waals surface area contributed by atoms with Gasteiger partial charge in [0.15, 0.2) is 0 Å². The normalized spacial score (nSPS) is 17.7. The molecular formula is C15H20ClN3O4. The molecule has 1 unspecified atom stereocenters. The Hall–Kier alpha value is -1.99. The number of carbonyl (C=O) groups is 2. The molecule has 1 atom stereocenters. The SMILES string of the molecule is COc1cc(N)c(Cl)cc1C(=O)N1CCOC(CNC(C)=O)C1. The van der Waals surface area contributed by atoms with Crippen molar-refractivity contribution in [3.05, 3.63) is 22.7 Å². The molecule has 1 aliphatic heterocycles. The number of nitrogens with two attached hydrogens (primary N) is 1. The average molecular weight is 342 g/mol. The number of anilines is 1. The van der Waals surface area contributed by atoms with Gasteiger partial charge in [-0.15, -0.1) is 0 Å². The van der Waals surface area contributed by atoms with Crippen molar-refractivity contribution in [1.29, 1.82) is 0 Å². The summed E-state index contributed by atoms with van der Waals surface area (Å²) >= 11 is 6.02. The molecule has 8 heteroatoms. The van der Waals surface area contributed by atoms with Crippen LogP contribution >= 0.6 is 11.6 Å². The fourth-order valence-corrected chi connectivity index (χ4v) is 2.52. The number of ether oxygens (including phenoxy) is 2. The molecule has 0 radical (unpaired) electrons. The van der Waals surface area contributed by atoms with E-state index < -0.39 is 0 Å². The van der Waals surface area contributed by atoms with Gasteiger partial charge < -0.3 is 25.4 Å². The number of rotatable bonds is 4. The van der Waals surface area contributed by atoms with Gasteiger partial charge in [-0.25, -0.2) is 0 Å². The van der Waals surface area contributed by atoms with Crippen LogP contribution in [0.3, 0.4) is 0 Å². The molecule has 1 saturated heterocycles. The highest BCUT2D eigenvalue weighted by atomic mass is 35.5. The number of nitrogen functional groups attached to an aromatic ring is 1. The Bertz CT molecular complexity index is 609. The number of halogens is 1. The first-order chi connectivity index (χ1) is 10.9. The van der Waals surface area contributed by atoms with Gasteiger partial charge in [-0.2, -0.15) is 0 Å². The van der Waals surface area contributed by atoms with Gasteiger partial charge in [0.05, 0.1) is 36.1 Å². The van der Waals surface area contributed by atoms with Crippen LogP contribution in [0.25, 0.3) is 0 Å². The molecule has 1 aromatic rings. The van der Waals surface area contributed by atoms with E-state index in [-0.39, 0.29) is 17.9 Å². The molecule has 1 heterocycles. The maximum atomic E-state index is 12.7. The zero-order chi connectivity index (χ0) is 17.0. The first-order valence-corrected chi connectivity index (χ1v) is 7.58. The first kappa shape index (κ1) is 17.4. The lowest BCUT2D eigenvalue weighted by Crippen LogP contribution is -2.49. The topological polar surface area (TPSA) is 93.9 Å². The summed E-state index contributed by atoms with van der Waals surface area (Å²) in [5, 5.41) is 2.99. The van der Waals surface area contributed by atoms with Gasteiger partial charge >= 0.3 is 0 Å². The first-order valence-electron chi connectivity index (χ1n) is 7.20. The highest BCUT2D eigenvalue weighted by molar-refractivity contribution is 6.33. The smallest absolute Gasteiger partial charge is 0.257 e. The monoisotopic (exact) mass is 341 g/mol. The number of carbonyl (C=O) groups excluding carboxylic acids is 2. The van der Waals surface area contributed by atoms with Gasteiger partial charge in [0.1, 0.15) is 5.75 Å². The third kappa shape index (κ3) is 4.27. The fourth-order valence-electron chi connectivity index (χ4n) is 2.36. The van der Waals surface area contributed by atoms with Crippen LogP contribution in [0.1, 0.15) is 17.3 Å². The van der Waals surface area contributed by atoms with Crippen LogP contribution < -0.4 is 15.8 Å². The fraction of sp³-hybridized carbons (Fsp3) is 0.467. The van der Waals surface area contributed by atoms with Crippen LogP contribution in [0.2, 0.25) is 5.02 Å². The van der Waals surface area contributed by atoms with Gasteiger partial charge in [-0.1, -0.05) is 11.6 Å². The number of hydrogen-bond acceptors (Lipinski definition) is 5. The summed E-state index contributed by atoms with van der Waals surface area (Å²) in [7, 11) is 1.47. The summed E-state index contributed by atoms with van der Waals surface area (Å²) in [5.41, 5.74) is 6.44. The standard InChI is InChI=1S/C15H20ClN3O4/c1-9(20)18-7-10-8-19(3-4-23-10)15(21)11-5-12(16)13(17)6-14(11)22-2/h5-6,10H,3-4,7-8,17H2,1-2H3,(H,18,20). The van der Waals surface area contributed by atoms with E-state index in [2.05, 4.69) is 5.32 Å². The molecule has 0 aliphatic carbocycles. The van der Waals surface area contributed by atoms with Gasteiger partial charge in [-0.3, -0.25) is 9.59 Å². The summed E-state index contributed by atoms with van der Waals surface area (Å²) in [4.78, 5) is 25.4. The molecule has 126 valence electrons. The van der Waals surface area contributed by atoms with Gasteiger partial charge in [-0.05, 0) is 6.07 Å². The van der Waals surface area contributed by atoms with E-state index in [0.717, 1.165) is 0 Å². The maximum absolute atomic E-state index is 12.7. The molecule has 0 saturated carbocycles. The lowest BCUT2D eigenvalue weighted by molar-refractivity contribution is -0.120. The molecule has 0 spiro atoms. The van der Waals surface area contributed by atoms with Gasteiger partial charge in [0.25, 0.3) is 5.91 Å². The molecule has 3 N–H and O–H groups in total. The van der Waals surface area contributed by atoms with E-state index >= 15 is 0 Å². The molecule has 2 amide bonds. The van der Waals surface area contributed by atoms with Gasteiger partial charge in [0.2, 0.25) is 5.91 Å². The van der Waals surface area contributed by atoms with Crippen LogP contribution in [0.4, 0.5) is 5.69 Å². The molecule has 23 heavy (non-hydrogen) atoms. The second kappa shape index (κ2) is 7.52. The molecular weight excluding hydrogens is 322 g/mol. The molecule has 1 fully saturated rings. The Balaban J connectivity index is 2.13. The van der Waals surface area contributed by atoms with E-state index in [0.29, 0.717) is 48.3 Å². The average Bonchev–Trinajstić information content (AvgIpc) is 2.54.